The molecule has 2 nitrogen and oxygen atoms in total. The largest absolute Gasteiger partial charge is 0.353 e. The maximum absolute atomic E-state index is 10.9. The van der Waals surface area contributed by atoms with Gasteiger partial charge in [-0.25, -0.2) is 0 Å². The van der Waals surface area contributed by atoms with E-state index in [-0.39, 0.29) is 5.78 Å². The predicted molar refractivity (Wildman–Crippen MR) is 49.3 cm³/mol. The molecule has 1 aromatic heterocycles. The summed E-state index contributed by atoms with van der Waals surface area (Å²) in [6.07, 6.45) is 6.59. The average Bonchev–Trinajstić information content (AvgIpc) is 2.48. The van der Waals surface area contributed by atoms with Crippen molar-refractivity contribution in [2.45, 2.75) is 19.9 Å². The minimum absolute atomic E-state index is 0.118. The summed E-state index contributed by atoms with van der Waals surface area (Å²) >= 11 is 0. The van der Waals surface area contributed by atoms with Crippen LogP contribution in [-0.2, 0) is 6.54 Å². The van der Waals surface area contributed by atoms with Crippen molar-refractivity contribution in [1.82, 2.24) is 4.57 Å². The standard InChI is InChI=1S/C10H13NO/c1-3-4-6-11-7-5-10(8-11)9(2)12/h3,5,7-8H,1,4,6H2,2H3. The molecule has 0 atom stereocenters. The Morgan fingerprint density at radius 2 is 2.50 bits per heavy atom. The summed E-state index contributed by atoms with van der Waals surface area (Å²) in [6.45, 7) is 6.11. The van der Waals surface area contributed by atoms with Crippen molar-refractivity contribution < 1.29 is 4.79 Å². The highest BCUT2D eigenvalue weighted by molar-refractivity contribution is 5.93. The first-order valence-electron chi connectivity index (χ1n) is 4.01. The van der Waals surface area contributed by atoms with Crippen LogP contribution in [0.2, 0.25) is 0 Å². The molecule has 0 saturated heterocycles. The molecule has 0 bridgehead atoms. The van der Waals surface area contributed by atoms with E-state index in [4.69, 9.17) is 0 Å². The lowest BCUT2D eigenvalue weighted by Crippen LogP contribution is -1.93. The minimum Gasteiger partial charge on any atom is -0.353 e. The molecule has 0 amide bonds. The number of Topliss-reactive ketones (excluding diaryl/α,β-unsaturated/α-hetero) is 1. The van der Waals surface area contributed by atoms with Crippen LogP contribution in [0.3, 0.4) is 0 Å². The number of hydrogen-bond donors (Lipinski definition) is 0. The molecule has 0 radical (unpaired) electrons. The Hall–Kier alpha value is -1.31. The molecule has 1 heterocycles. The summed E-state index contributed by atoms with van der Waals surface area (Å²) in [5, 5.41) is 0. The first-order chi connectivity index (χ1) is 5.74. The third-order valence-electron chi connectivity index (χ3n) is 1.75. The second kappa shape index (κ2) is 3.90. The van der Waals surface area contributed by atoms with Gasteiger partial charge in [0.25, 0.3) is 0 Å². The molecule has 0 saturated carbocycles. The third-order valence-corrected chi connectivity index (χ3v) is 1.75. The number of carbonyl (C=O) groups is 1. The third kappa shape index (κ3) is 2.09. The second-order valence-corrected chi connectivity index (χ2v) is 2.77. The fourth-order valence-electron chi connectivity index (χ4n) is 1.03. The van der Waals surface area contributed by atoms with Crippen molar-refractivity contribution in [3.63, 3.8) is 0 Å². The number of hydrogen-bond acceptors (Lipinski definition) is 1. The fraction of sp³-hybridized carbons (Fsp3) is 0.300. The highest BCUT2D eigenvalue weighted by atomic mass is 16.1. The van der Waals surface area contributed by atoms with Crippen LogP contribution in [0.15, 0.2) is 31.1 Å². The highest BCUT2D eigenvalue weighted by Crippen LogP contribution is 2.02. The zero-order chi connectivity index (χ0) is 8.97. The van der Waals surface area contributed by atoms with E-state index >= 15 is 0 Å². The maximum Gasteiger partial charge on any atom is 0.161 e. The quantitative estimate of drug-likeness (QED) is 0.493. The zero-order valence-electron chi connectivity index (χ0n) is 7.29. The van der Waals surface area contributed by atoms with Gasteiger partial charge in [0.2, 0.25) is 0 Å². The summed E-state index contributed by atoms with van der Waals surface area (Å²) in [5.74, 6) is 0.118. The van der Waals surface area contributed by atoms with Crippen LogP contribution in [0.5, 0.6) is 0 Å². The van der Waals surface area contributed by atoms with Crippen molar-refractivity contribution >= 4 is 5.78 Å². The Morgan fingerprint density at radius 1 is 1.75 bits per heavy atom. The normalized spacial score (nSPS) is 9.75. The number of aromatic nitrogens is 1. The van der Waals surface area contributed by atoms with Gasteiger partial charge in [-0.05, 0) is 19.4 Å². The van der Waals surface area contributed by atoms with Gasteiger partial charge in [0.15, 0.2) is 5.78 Å². The molecule has 64 valence electrons. The fourth-order valence-corrected chi connectivity index (χ4v) is 1.03. The lowest BCUT2D eigenvalue weighted by atomic mass is 10.2. The van der Waals surface area contributed by atoms with E-state index in [1.54, 1.807) is 6.92 Å². The van der Waals surface area contributed by atoms with Crippen molar-refractivity contribution in [2.24, 2.45) is 0 Å². The Kier molecular flexibility index (Phi) is 2.86. The molecule has 0 aromatic carbocycles. The van der Waals surface area contributed by atoms with Crippen LogP contribution in [-0.4, -0.2) is 10.4 Å². The number of ketones is 1. The molecule has 0 unspecified atom stereocenters. The van der Waals surface area contributed by atoms with Gasteiger partial charge in [0.1, 0.15) is 0 Å². The number of carbonyl (C=O) groups excluding carboxylic acids is 1. The van der Waals surface area contributed by atoms with Crippen molar-refractivity contribution in [3.8, 4) is 0 Å². The Labute approximate surface area is 72.5 Å². The molecule has 0 spiro atoms. The van der Waals surface area contributed by atoms with Crippen molar-refractivity contribution in [2.75, 3.05) is 0 Å². The van der Waals surface area contributed by atoms with E-state index in [2.05, 4.69) is 6.58 Å². The van der Waals surface area contributed by atoms with Crippen LogP contribution in [0.4, 0.5) is 0 Å². The van der Waals surface area contributed by atoms with Crippen LogP contribution in [0, 0.1) is 0 Å². The molecule has 0 aliphatic heterocycles. The number of nitrogens with zero attached hydrogens (tertiary/aromatic N) is 1. The smallest absolute Gasteiger partial charge is 0.161 e. The lowest BCUT2D eigenvalue weighted by Gasteiger charge is -1.96. The molecule has 1 rings (SSSR count). The highest BCUT2D eigenvalue weighted by Gasteiger charge is 1.99. The monoisotopic (exact) mass is 163 g/mol. The maximum atomic E-state index is 10.9. The van der Waals surface area contributed by atoms with Gasteiger partial charge in [-0.1, -0.05) is 6.08 Å². The van der Waals surface area contributed by atoms with Gasteiger partial charge in [0, 0.05) is 24.5 Å². The van der Waals surface area contributed by atoms with Crippen LogP contribution in [0.25, 0.3) is 0 Å². The molecule has 12 heavy (non-hydrogen) atoms. The molecular formula is C10H13NO. The molecule has 0 aliphatic rings. The second-order valence-electron chi connectivity index (χ2n) is 2.77. The van der Waals surface area contributed by atoms with Gasteiger partial charge in [-0.3, -0.25) is 4.79 Å². The minimum atomic E-state index is 0.118. The molecule has 0 N–H and O–H groups in total. The average molecular weight is 163 g/mol. The summed E-state index contributed by atoms with van der Waals surface area (Å²) in [5.41, 5.74) is 0.777. The SMILES string of the molecule is C=CCCn1ccc(C(C)=O)c1. The summed E-state index contributed by atoms with van der Waals surface area (Å²) in [4.78, 5) is 10.9. The summed E-state index contributed by atoms with van der Waals surface area (Å²) in [6, 6.07) is 1.84. The van der Waals surface area contributed by atoms with Crippen LogP contribution < -0.4 is 0 Å². The Bertz CT molecular complexity index is 286. The number of rotatable bonds is 4. The van der Waals surface area contributed by atoms with E-state index in [1.165, 1.54) is 0 Å². The lowest BCUT2D eigenvalue weighted by molar-refractivity contribution is 0.101. The first kappa shape index (κ1) is 8.78. The van der Waals surface area contributed by atoms with Crippen molar-refractivity contribution in [1.29, 1.82) is 0 Å². The first-order valence-corrected chi connectivity index (χ1v) is 4.01. The van der Waals surface area contributed by atoms with E-state index in [9.17, 15) is 4.79 Å². The van der Waals surface area contributed by atoms with Crippen molar-refractivity contribution in [3.05, 3.63) is 36.7 Å². The Morgan fingerprint density at radius 3 is 3.00 bits per heavy atom. The van der Waals surface area contributed by atoms with E-state index in [1.807, 2.05) is 29.1 Å². The van der Waals surface area contributed by atoms with Gasteiger partial charge in [0.05, 0.1) is 0 Å². The van der Waals surface area contributed by atoms with E-state index in [0.717, 1.165) is 18.5 Å². The molecule has 0 aliphatic carbocycles. The predicted octanol–water partition coefficient (Wildman–Crippen LogP) is 2.27. The van der Waals surface area contributed by atoms with Crippen LogP contribution >= 0.6 is 0 Å². The zero-order valence-corrected chi connectivity index (χ0v) is 7.29. The van der Waals surface area contributed by atoms with Crippen LogP contribution in [0.1, 0.15) is 23.7 Å². The molecule has 1 aromatic rings. The topological polar surface area (TPSA) is 22.0 Å². The van der Waals surface area contributed by atoms with Gasteiger partial charge in [-0.2, -0.15) is 0 Å². The van der Waals surface area contributed by atoms with E-state index in [0.29, 0.717) is 0 Å². The molecular weight excluding hydrogens is 150 g/mol. The van der Waals surface area contributed by atoms with Gasteiger partial charge < -0.3 is 4.57 Å². The molecule has 2 heteroatoms. The van der Waals surface area contributed by atoms with Gasteiger partial charge >= 0.3 is 0 Å². The van der Waals surface area contributed by atoms with E-state index < -0.39 is 0 Å². The Balaban J connectivity index is 2.64. The number of allylic oxidation sites excluding steroid dienone is 1. The van der Waals surface area contributed by atoms with Gasteiger partial charge in [-0.15, -0.1) is 6.58 Å². The molecule has 0 fully saturated rings. The summed E-state index contributed by atoms with van der Waals surface area (Å²) in [7, 11) is 0. The number of aryl methyl sites for hydroxylation is 1. The summed E-state index contributed by atoms with van der Waals surface area (Å²) < 4.78 is 2.00.